The first-order valence-corrected chi connectivity index (χ1v) is 7.22. The Bertz CT molecular complexity index is 428. The lowest BCUT2D eigenvalue weighted by Crippen LogP contribution is -1.94. The molecule has 2 aromatic carbocycles. The van der Waals surface area contributed by atoms with Crippen LogP contribution in [-0.4, -0.2) is 6.61 Å². The van der Waals surface area contributed by atoms with Gasteiger partial charge in [0.1, 0.15) is 0 Å². The van der Waals surface area contributed by atoms with Crippen LogP contribution in [0.25, 0.3) is 0 Å². The summed E-state index contributed by atoms with van der Waals surface area (Å²) in [6.45, 7) is 4.44. The first-order chi connectivity index (χ1) is 9.86. The van der Waals surface area contributed by atoms with Crippen molar-refractivity contribution in [2.24, 2.45) is 5.73 Å². The third-order valence-corrected chi connectivity index (χ3v) is 2.83. The van der Waals surface area contributed by atoms with Crippen LogP contribution in [0.2, 0.25) is 0 Å². The predicted molar refractivity (Wildman–Crippen MR) is 85.3 cm³/mol. The highest BCUT2D eigenvalue weighted by Gasteiger charge is 1.89. The number of benzene rings is 2. The third-order valence-electron chi connectivity index (χ3n) is 2.83. The summed E-state index contributed by atoms with van der Waals surface area (Å²) >= 11 is 0. The smallest absolute Gasteiger partial charge is 0.0716 e. The van der Waals surface area contributed by atoms with Gasteiger partial charge in [0.15, 0.2) is 0 Å². The molecule has 0 unspecified atom stereocenters. The number of hydrogen-bond acceptors (Lipinski definition) is 2. The van der Waals surface area contributed by atoms with Crippen molar-refractivity contribution in [3.05, 3.63) is 71.8 Å². The Hall–Kier alpha value is -1.64. The van der Waals surface area contributed by atoms with Crippen LogP contribution >= 0.6 is 0 Å². The number of hydrogen-bond donors (Lipinski definition) is 1. The Morgan fingerprint density at radius 3 is 1.85 bits per heavy atom. The van der Waals surface area contributed by atoms with E-state index in [1.54, 1.807) is 0 Å². The topological polar surface area (TPSA) is 35.2 Å². The fraction of sp³-hybridized carbons (Fsp3) is 0.333. The molecule has 0 heterocycles. The minimum absolute atomic E-state index is 0.640. The molecule has 0 aromatic heterocycles. The Morgan fingerprint density at radius 1 is 0.850 bits per heavy atom. The minimum atomic E-state index is 0.640. The molecule has 0 amide bonds. The third kappa shape index (κ3) is 7.72. The molecule has 0 aliphatic carbocycles. The molecule has 0 spiro atoms. The summed E-state index contributed by atoms with van der Waals surface area (Å²) in [5, 5.41) is 0. The summed E-state index contributed by atoms with van der Waals surface area (Å²) in [4.78, 5) is 0. The molecule has 2 rings (SSSR count). The van der Waals surface area contributed by atoms with E-state index in [0.717, 1.165) is 19.6 Å². The van der Waals surface area contributed by atoms with E-state index in [0.29, 0.717) is 6.54 Å². The van der Waals surface area contributed by atoms with Crippen molar-refractivity contribution in [2.75, 3.05) is 6.61 Å². The lowest BCUT2D eigenvalue weighted by atomic mass is 10.2. The fourth-order valence-electron chi connectivity index (χ4n) is 1.62. The van der Waals surface area contributed by atoms with E-state index in [2.05, 4.69) is 19.1 Å². The predicted octanol–water partition coefficient (Wildman–Crippen LogP) is 4.15. The summed E-state index contributed by atoms with van der Waals surface area (Å²) in [7, 11) is 0. The van der Waals surface area contributed by atoms with E-state index in [4.69, 9.17) is 10.5 Å². The monoisotopic (exact) mass is 271 g/mol. The van der Waals surface area contributed by atoms with Crippen molar-refractivity contribution < 1.29 is 4.74 Å². The van der Waals surface area contributed by atoms with Crippen molar-refractivity contribution in [2.45, 2.75) is 32.9 Å². The molecule has 0 bridgehead atoms. The molecule has 0 radical (unpaired) electrons. The van der Waals surface area contributed by atoms with Crippen molar-refractivity contribution >= 4 is 0 Å². The molecule has 0 atom stereocenters. The summed E-state index contributed by atoms with van der Waals surface area (Å²) in [6, 6.07) is 20.3. The molecule has 0 saturated carbocycles. The van der Waals surface area contributed by atoms with E-state index < -0.39 is 0 Å². The minimum Gasteiger partial charge on any atom is -0.377 e. The second-order valence-electron chi connectivity index (χ2n) is 4.58. The number of rotatable bonds is 6. The maximum Gasteiger partial charge on any atom is 0.0716 e. The van der Waals surface area contributed by atoms with Crippen LogP contribution in [0.15, 0.2) is 60.7 Å². The second kappa shape index (κ2) is 11.2. The quantitative estimate of drug-likeness (QED) is 0.801. The van der Waals surface area contributed by atoms with Crippen LogP contribution in [0.4, 0.5) is 0 Å². The molecular weight excluding hydrogens is 246 g/mol. The lowest BCUT2D eigenvalue weighted by Gasteiger charge is -2.02. The van der Waals surface area contributed by atoms with Gasteiger partial charge < -0.3 is 10.5 Å². The zero-order valence-corrected chi connectivity index (χ0v) is 12.3. The van der Waals surface area contributed by atoms with Gasteiger partial charge >= 0.3 is 0 Å². The van der Waals surface area contributed by atoms with E-state index in [-0.39, 0.29) is 0 Å². The van der Waals surface area contributed by atoms with Crippen molar-refractivity contribution in [3.8, 4) is 0 Å². The molecule has 0 aliphatic rings. The summed E-state index contributed by atoms with van der Waals surface area (Å²) < 4.78 is 5.46. The van der Waals surface area contributed by atoms with E-state index in [1.807, 2.05) is 48.5 Å². The van der Waals surface area contributed by atoms with Crippen LogP contribution in [0, 0.1) is 0 Å². The summed E-state index contributed by atoms with van der Waals surface area (Å²) in [5.74, 6) is 0. The molecule has 0 aliphatic heterocycles. The Balaban J connectivity index is 0.000000217. The van der Waals surface area contributed by atoms with Crippen LogP contribution in [0.1, 0.15) is 30.9 Å². The highest BCUT2D eigenvalue weighted by molar-refractivity contribution is 5.14. The van der Waals surface area contributed by atoms with Crippen LogP contribution in [0.3, 0.4) is 0 Å². The van der Waals surface area contributed by atoms with E-state index in [9.17, 15) is 0 Å². The standard InChI is InChI=1S/C11H16O.C7H9N/c1-2-3-9-12-10-11-7-5-4-6-8-11;8-6-7-4-2-1-3-5-7/h4-8H,2-3,9-10H2,1H3;1-5H,6,8H2. The van der Waals surface area contributed by atoms with Crippen molar-refractivity contribution in [1.82, 2.24) is 0 Å². The maximum atomic E-state index is 5.46. The molecule has 0 fully saturated rings. The van der Waals surface area contributed by atoms with Gasteiger partial charge in [-0.25, -0.2) is 0 Å². The van der Waals surface area contributed by atoms with Crippen molar-refractivity contribution in [3.63, 3.8) is 0 Å². The van der Waals surface area contributed by atoms with Crippen LogP contribution < -0.4 is 5.73 Å². The van der Waals surface area contributed by atoms with Crippen LogP contribution in [-0.2, 0) is 17.9 Å². The average molecular weight is 271 g/mol. The number of unbranched alkanes of at least 4 members (excludes halogenated alkanes) is 1. The first kappa shape index (κ1) is 16.4. The van der Waals surface area contributed by atoms with E-state index >= 15 is 0 Å². The van der Waals surface area contributed by atoms with Gasteiger partial charge in [0, 0.05) is 13.2 Å². The molecule has 20 heavy (non-hydrogen) atoms. The van der Waals surface area contributed by atoms with Crippen molar-refractivity contribution in [1.29, 1.82) is 0 Å². The zero-order chi connectivity index (χ0) is 14.5. The number of ether oxygens (including phenoxy) is 1. The van der Waals surface area contributed by atoms with Gasteiger partial charge in [-0.1, -0.05) is 74.0 Å². The lowest BCUT2D eigenvalue weighted by molar-refractivity contribution is 0.118. The molecule has 2 aromatic rings. The van der Waals surface area contributed by atoms with Gasteiger partial charge in [-0.2, -0.15) is 0 Å². The van der Waals surface area contributed by atoms with Crippen LogP contribution in [0.5, 0.6) is 0 Å². The van der Waals surface area contributed by atoms with Gasteiger partial charge in [-0.15, -0.1) is 0 Å². The van der Waals surface area contributed by atoms with Gasteiger partial charge in [0.2, 0.25) is 0 Å². The van der Waals surface area contributed by atoms with Gasteiger partial charge in [0.25, 0.3) is 0 Å². The normalized spacial score (nSPS) is 9.70. The highest BCUT2D eigenvalue weighted by atomic mass is 16.5. The second-order valence-corrected chi connectivity index (χ2v) is 4.58. The summed E-state index contributed by atoms with van der Waals surface area (Å²) in [6.07, 6.45) is 2.36. The summed E-state index contributed by atoms with van der Waals surface area (Å²) in [5.41, 5.74) is 7.80. The molecular formula is C18H25NO. The van der Waals surface area contributed by atoms with Gasteiger partial charge in [0.05, 0.1) is 6.61 Å². The highest BCUT2D eigenvalue weighted by Crippen LogP contribution is 2.01. The molecule has 0 saturated heterocycles. The SMILES string of the molecule is CCCCOCc1ccccc1.NCc1ccccc1. The number of nitrogens with two attached hydrogens (primary N) is 1. The fourth-order valence-corrected chi connectivity index (χ4v) is 1.62. The maximum absolute atomic E-state index is 5.46. The average Bonchev–Trinajstić information content (AvgIpc) is 2.54. The van der Waals surface area contributed by atoms with Gasteiger partial charge in [-0.05, 0) is 17.5 Å². The first-order valence-electron chi connectivity index (χ1n) is 7.22. The Labute approximate surface area is 122 Å². The molecule has 2 heteroatoms. The molecule has 2 N–H and O–H groups in total. The Kier molecular flexibility index (Phi) is 9.20. The largest absolute Gasteiger partial charge is 0.377 e. The molecule has 108 valence electrons. The van der Waals surface area contributed by atoms with E-state index in [1.165, 1.54) is 17.5 Å². The Morgan fingerprint density at radius 2 is 1.40 bits per heavy atom. The zero-order valence-electron chi connectivity index (χ0n) is 12.3. The van der Waals surface area contributed by atoms with Gasteiger partial charge in [-0.3, -0.25) is 0 Å². The molecule has 2 nitrogen and oxygen atoms in total.